The Kier molecular flexibility index (Phi) is 4.90. The summed E-state index contributed by atoms with van der Waals surface area (Å²) in [5.41, 5.74) is 6.93. The molecule has 0 saturated carbocycles. The molecule has 1 unspecified atom stereocenters. The summed E-state index contributed by atoms with van der Waals surface area (Å²) in [5.74, 6) is 0.869. The van der Waals surface area contributed by atoms with Crippen molar-refractivity contribution in [2.45, 2.75) is 32.8 Å². The molecule has 1 atom stereocenters. The molecule has 0 aliphatic carbocycles. The van der Waals surface area contributed by atoms with Gasteiger partial charge in [0.2, 0.25) is 5.91 Å². The van der Waals surface area contributed by atoms with Crippen molar-refractivity contribution >= 4 is 16.8 Å². The van der Waals surface area contributed by atoms with E-state index in [2.05, 4.69) is 26.3 Å². The maximum atomic E-state index is 12.5. The topological polar surface area (TPSA) is 79.9 Å². The number of hydrogen-bond acceptors (Lipinski definition) is 4. The first-order valence-electron chi connectivity index (χ1n) is 10.5. The number of rotatable bonds is 5. The Hall–Kier alpha value is -3.67. The predicted octanol–water partition coefficient (Wildman–Crippen LogP) is 3.90. The average molecular weight is 412 g/mol. The van der Waals surface area contributed by atoms with Crippen LogP contribution in [0.1, 0.15) is 22.5 Å². The largest absolute Gasteiger partial charge is 0.488 e. The second-order valence-corrected chi connectivity index (χ2v) is 8.05. The molecule has 2 aromatic heterocycles. The molecule has 0 spiro atoms. The third-order valence-electron chi connectivity index (χ3n) is 5.70. The van der Waals surface area contributed by atoms with Gasteiger partial charge in [-0.2, -0.15) is 0 Å². The zero-order chi connectivity index (χ0) is 21.4. The van der Waals surface area contributed by atoms with E-state index in [-0.39, 0.29) is 12.0 Å². The third-order valence-corrected chi connectivity index (χ3v) is 5.70. The SMILES string of the molecule is Cc1cnc(C)c(-c2ccc3c(c2)CC(CNC(=O)Cc2c[nH]c4ccccc24)O3)n1. The van der Waals surface area contributed by atoms with E-state index in [0.717, 1.165) is 56.8 Å². The Labute approximate surface area is 180 Å². The van der Waals surface area contributed by atoms with Gasteiger partial charge in [0.25, 0.3) is 0 Å². The Morgan fingerprint density at radius 2 is 2.10 bits per heavy atom. The van der Waals surface area contributed by atoms with Crippen LogP contribution >= 0.6 is 0 Å². The first-order valence-corrected chi connectivity index (χ1v) is 10.5. The Bertz CT molecular complexity index is 1280. The van der Waals surface area contributed by atoms with E-state index in [4.69, 9.17) is 4.74 Å². The predicted molar refractivity (Wildman–Crippen MR) is 120 cm³/mol. The Morgan fingerprint density at radius 3 is 3.00 bits per heavy atom. The van der Waals surface area contributed by atoms with Crippen molar-refractivity contribution in [2.75, 3.05) is 6.54 Å². The molecule has 1 aliphatic heterocycles. The van der Waals surface area contributed by atoms with Crippen LogP contribution in [0.5, 0.6) is 5.75 Å². The molecule has 2 N–H and O–H groups in total. The van der Waals surface area contributed by atoms with Gasteiger partial charge < -0.3 is 15.0 Å². The molecule has 31 heavy (non-hydrogen) atoms. The zero-order valence-corrected chi connectivity index (χ0v) is 17.6. The fraction of sp³-hybridized carbons (Fsp3) is 0.240. The number of carbonyl (C=O) groups is 1. The maximum Gasteiger partial charge on any atom is 0.224 e. The number of benzene rings is 2. The van der Waals surface area contributed by atoms with Gasteiger partial charge in [-0.25, -0.2) is 4.98 Å². The lowest BCUT2D eigenvalue weighted by Gasteiger charge is -2.11. The minimum atomic E-state index is -0.0677. The van der Waals surface area contributed by atoms with Crippen LogP contribution in [0.4, 0.5) is 0 Å². The molecule has 6 heteroatoms. The van der Waals surface area contributed by atoms with Crippen molar-refractivity contribution in [3.05, 3.63) is 77.4 Å². The molecule has 1 amide bonds. The molecule has 0 saturated heterocycles. The van der Waals surface area contributed by atoms with Gasteiger partial charge in [0.05, 0.1) is 30.0 Å². The van der Waals surface area contributed by atoms with Crippen molar-refractivity contribution in [1.29, 1.82) is 0 Å². The van der Waals surface area contributed by atoms with Gasteiger partial charge in [-0.05, 0) is 49.2 Å². The molecule has 0 radical (unpaired) electrons. The highest BCUT2D eigenvalue weighted by atomic mass is 16.5. The van der Waals surface area contributed by atoms with E-state index in [0.29, 0.717) is 13.0 Å². The molecule has 0 fully saturated rings. The van der Waals surface area contributed by atoms with Gasteiger partial charge in [-0.3, -0.25) is 9.78 Å². The fourth-order valence-corrected chi connectivity index (χ4v) is 4.13. The highest BCUT2D eigenvalue weighted by Crippen LogP contribution is 2.33. The smallest absolute Gasteiger partial charge is 0.224 e. The molecular weight excluding hydrogens is 388 g/mol. The van der Waals surface area contributed by atoms with Gasteiger partial charge >= 0.3 is 0 Å². The average Bonchev–Trinajstić information content (AvgIpc) is 3.37. The molecule has 6 nitrogen and oxygen atoms in total. The molecule has 5 rings (SSSR count). The van der Waals surface area contributed by atoms with Crippen molar-refractivity contribution in [1.82, 2.24) is 20.3 Å². The quantitative estimate of drug-likeness (QED) is 0.521. The van der Waals surface area contributed by atoms with Crippen LogP contribution in [0.15, 0.2) is 54.9 Å². The van der Waals surface area contributed by atoms with Gasteiger partial charge in [0.15, 0.2) is 0 Å². The normalized spacial score (nSPS) is 15.0. The lowest BCUT2D eigenvalue weighted by atomic mass is 10.0. The minimum Gasteiger partial charge on any atom is -0.488 e. The Balaban J connectivity index is 1.22. The maximum absolute atomic E-state index is 12.5. The summed E-state index contributed by atoms with van der Waals surface area (Å²) in [6.45, 7) is 4.40. The van der Waals surface area contributed by atoms with E-state index in [1.54, 1.807) is 6.20 Å². The summed E-state index contributed by atoms with van der Waals surface area (Å²) in [7, 11) is 0. The summed E-state index contributed by atoms with van der Waals surface area (Å²) in [5, 5.41) is 4.11. The number of para-hydroxylation sites is 1. The highest BCUT2D eigenvalue weighted by molar-refractivity contribution is 5.88. The summed E-state index contributed by atoms with van der Waals surface area (Å²) in [6.07, 6.45) is 4.73. The minimum absolute atomic E-state index is 0.00402. The lowest BCUT2D eigenvalue weighted by molar-refractivity contribution is -0.120. The standard InChI is InChI=1S/C25H24N4O2/c1-15-12-26-16(2)25(29-15)17-7-8-23-18(9-17)10-20(31-23)14-28-24(30)11-19-13-27-22-6-4-3-5-21(19)22/h3-9,12-13,20,27H,10-11,14H2,1-2H3,(H,28,30). The van der Waals surface area contributed by atoms with Crippen molar-refractivity contribution in [2.24, 2.45) is 0 Å². The molecule has 2 aromatic carbocycles. The number of nitrogens with zero attached hydrogens (tertiary/aromatic N) is 2. The monoisotopic (exact) mass is 412 g/mol. The number of ether oxygens (including phenoxy) is 1. The molecular formula is C25H24N4O2. The van der Waals surface area contributed by atoms with Crippen LogP contribution in [-0.4, -0.2) is 33.5 Å². The molecule has 1 aliphatic rings. The molecule has 4 aromatic rings. The molecule has 156 valence electrons. The van der Waals surface area contributed by atoms with Gasteiger partial charge in [0, 0.05) is 35.3 Å². The zero-order valence-electron chi connectivity index (χ0n) is 17.6. The van der Waals surface area contributed by atoms with E-state index in [9.17, 15) is 4.79 Å². The van der Waals surface area contributed by atoms with Crippen LogP contribution in [0.2, 0.25) is 0 Å². The van der Waals surface area contributed by atoms with E-state index in [1.165, 1.54) is 0 Å². The summed E-state index contributed by atoms with van der Waals surface area (Å²) >= 11 is 0. The number of nitrogens with one attached hydrogen (secondary N) is 2. The first-order chi connectivity index (χ1) is 15.1. The number of aromatic amines is 1. The number of amides is 1. The van der Waals surface area contributed by atoms with Crippen LogP contribution in [0.25, 0.3) is 22.2 Å². The molecule has 0 bridgehead atoms. The van der Waals surface area contributed by atoms with Crippen LogP contribution in [0, 0.1) is 13.8 Å². The number of aromatic nitrogens is 3. The van der Waals surface area contributed by atoms with Crippen molar-refractivity contribution in [3.63, 3.8) is 0 Å². The first kappa shape index (κ1) is 19.3. The fourth-order valence-electron chi connectivity index (χ4n) is 4.13. The van der Waals surface area contributed by atoms with E-state index < -0.39 is 0 Å². The summed E-state index contributed by atoms with van der Waals surface area (Å²) < 4.78 is 6.05. The van der Waals surface area contributed by atoms with Crippen molar-refractivity contribution in [3.8, 4) is 17.0 Å². The number of carbonyl (C=O) groups excluding carboxylic acids is 1. The van der Waals surface area contributed by atoms with E-state index >= 15 is 0 Å². The second kappa shape index (κ2) is 7.87. The van der Waals surface area contributed by atoms with Crippen molar-refractivity contribution < 1.29 is 9.53 Å². The number of hydrogen-bond donors (Lipinski definition) is 2. The second-order valence-electron chi connectivity index (χ2n) is 8.05. The summed E-state index contributed by atoms with van der Waals surface area (Å²) in [4.78, 5) is 24.8. The number of H-pyrrole nitrogens is 1. The molecule has 3 heterocycles. The van der Waals surface area contributed by atoms with Crippen LogP contribution in [-0.2, 0) is 17.6 Å². The van der Waals surface area contributed by atoms with E-state index in [1.807, 2.05) is 56.4 Å². The lowest BCUT2D eigenvalue weighted by Crippen LogP contribution is -2.35. The van der Waals surface area contributed by atoms with Gasteiger partial charge in [-0.15, -0.1) is 0 Å². The third kappa shape index (κ3) is 3.89. The number of fused-ring (bicyclic) bond motifs is 2. The summed E-state index contributed by atoms with van der Waals surface area (Å²) in [6, 6.07) is 14.1. The highest BCUT2D eigenvalue weighted by Gasteiger charge is 2.24. The van der Waals surface area contributed by atoms with Gasteiger partial charge in [-0.1, -0.05) is 18.2 Å². The van der Waals surface area contributed by atoms with Crippen LogP contribution < -0.4 is 10.1 Å². The van der Waals surface area contributed by atoms with Crippen LogP contribution in [0.3, 0.4) is 0 Å². The number of aryl methyl sites for hydroxylation is 2. The Morgan fingerprint density at radius 1 is 1.23 bits per heavy atom. The van der Waals surface area contributed by atoms with Gasteiger partial charge in [0.1, 0.15) is 11.9 Å².